The van der Waals surface area contributed by atoms with Crippen molar-refractivity contribution in [3.63, 3.8) is 0 Å². The van der Waals surface area contributed by atoms with Gasteiger partial charge in [-0.1, -0.05) is 6.07 Å². The number of benzene rings is 1. The summed E-state index contributed by atoms with van der Waals surface area (Å²) in [4.78, 5) is 14.6. The highest BCUT2D eigenvalue weighted by Crippen LogP contribution is 2.22. The molecule has 128 valence electrons. The summed E-state index contributed by atoms with van der Waals surface area (Å²) in [7, 11) is -2.06. The van der Waals surface area contributed by atoms with Crippen LogP contribution in [0.3, 0.4) is 0 Å². The number of sulfonamides is 1. The summed E-state index contributed by atoms with van der Waals surface area (Å²) in [6, 6.07) is 6.14. The van der Waals surface area contributed by atoms with Crippen molar-refractivity contribution in [3.8, 4) is 0 Å². The fourth-order valence-corrected chi connectivity index (χ4v) is 4.16. The smallest absolute Gasteiger partial charge is 0.254 e. The first-order valence-corrected chi connectivity index (χ1v) is 9.32. The summed E-state index contributed by atoms with van der Waals surface area (Å²) < 4.78 is 26.4. The van der Waals surface area contributed by atoms with Crippen molar-refractivity contribution in [1.29, 1.82) is 0 Å². The second kappa shape index (κ2) is 6.98. The Morgan fingerprint density at radius 1 is 1.43 bits per heavy atom. The van der Waals surface area contributed by atoms with Gasteiger partial charge in [0, 0.05) is 37.8 Å². The molecule has 1 saturated heterocycles. The third kappa shape index (κ3) is 3.57. The average molecular weight is 339 g/mol. The second-order valence-corrected chi connectivity index (χ2v) is 8.17. The topological polar surface area (TPSA) is 83.7 Å². The van der Waals surface area contributed by atoms with Gasteiger partial charge < -0.3 is 10.6 Å². The van der Waals surface area contributed by atoms with Crippen LogP contribution >= 0.6 is 0 Å². The predicted octanol–water partition coefficient (Wildman–Crippen LogP) is 1.28. The third-order valence-electron chi connectivity index (χ3n) is 4.40. The molecule has 0 saturated carbocycles. The minimum absolute atomic E-state index is 0.0427. The van der Waals surface area contributed by atoms with Gasteiger partial charge in [0.1, 0.15) is 0 Å². The van der Waals surface area contributed by atoms with E-state index in [0.29, 0.717) is 18.7 Å². The Bertz CT molecular complexity index is 673. The number of carbonyl (C=O) groups is 1. The van der Waals surface area contributed by atoms with Crippen LogP contribution in [0.1, 0.15) is 37.0 Å². The molecule has 1 unspecified atom stereocenters. The molecular weight excluding hydrogens is 314 g/mol. The summed E-state index contributed by atoms with van der Waals surface area (Å²) in [6.45, 7) is 4.72. The molecule has 0 aromatic heterocycles. The predicted molar refractivity (Wildman–Crippen MR) is 89.6 cm³/mol. The van der Waals surface area contributed by atoms with Gasteiger partial charge in [0.15, 0.2) is 0 Å². The van der Waals surface area contributed by atoms with Crippen molar-refractivity contribution in [1.82, 2.24) is 9.21 Å². The molecule has 23 heavy (non-hydrogen) atoms. The lowest BCUT2D eigenvalue weighted by Gasteiger charge is -2.24. The summed E-state index contributed by atoms with van der Waals surface area (Å²) in [6.07, 6.45) is 1.83. The van der Waals surface area contributed by atoms with Crippen molar-refractivity contribution < 1.29 is 13.2 Å². The lowest BCUT2D eigenvalue weighted by Crippen LogP contribution is -2.40. The highest BCUT2D eigenvalue weighted by molar-refractivity contribution is 7.89. The number of amides is 1. The van der Waals surface area contributed by atoms with Gasteiger partial charge in [0.25, 0.3) is 5.91 Å². The molecular formula is C16H25N3O3S. The van der Waals surface area contributed by atoms with Gasteiger partial charge in [-0.05, 0) is 44.9 Å². The molecule has 7 heteroatoms. The molecule has 1 heterocycles. The molecule has 1 aliphatic rings. The maximum atomic E-state index is 12.7. The van der Waals surface area contributed by atoms with Gasteiger partial charge in [-0.15, -0.1) is 0 Å². The van der Waals surface area contributed by atoms with Crippen LogP contribution in [0.4, 0.5) is 0 Å². The number of likely N-dealkylation sites (tertiary alicyclic amines) is 1. The Labute approximate surface area is 138 Å². The molecule has 1 fully saturated rings. The third-order valence-corrected chi connectivity index (χ3v) is 6.42. The van der Waals surface area contributed by atoms with E-state index in [1.807, 2.05) is 13.8 Å². The minimum atomic E-state index is -3.60. The summed E-state index contributed by atoms with van der Waals surface area (Å²) in [5.74, 6) is -0.151. The molecule has 0 aliphatic carbocycles. The van der Waals surface area contributed by atoms with E-state index in [1.165, 1.54) is 16.4 Å². The van der Waals surface area contributed by atoms with Crippen LogP contribution in [0.15, 0.2) is 29.2 Å². The van der Waals surface area contributed by atoms with E-state index in [1.54, 1.807) is 24.1 Å². The van der Waals surface area contributed by atoms with Crippen molar-refractivity contribution in [2.45, 2.75) is 43.7 Å². The molecule has 0 spiro atoms. The van der Waals surface area contributed by atoms with Crippen molar-refractivity contribution in [2.24, 2.45) is 5.73 Å². The van der Waals surface area contributed by atoms with E-state index in [4.69, 9.17) is 5.73 Å². The van der Waals surface area contributed by atoms with Crippen LogP contribution in [0.5, 0.6) is 0 Å². The normalized spacial score (nSPS) is 18.9. The molecule has 2 rings (SSSR count). The number of hydrogen-bond donors (Lipinski definition) is 1. The van der Waals surface area contributed by atoms with Gasteiger partial charge in [-0.3, -0.25) is 4.79 Å². The van der Waals surface area contributed by atoms with Crippen molar-refractivity contribution in [3.05, 3.63) is 29.8 Å². The number of nitrogens with zero attached hydrogens (tertiary/aromatic N) is 2. The highest BCUT2D eigenvalue weighted by Gasteiger charge is 2.29. The number of hydrogen-bond acceptors (Lipinski definition) is 4. The van der Waals surface area contributed by atoms with Gasteiger partial charge in [0.05, 0.1) is 4.90 Å². The Kier molecular flexibility index (Phi) is 5.44. The first-order valence-electron chi connectivity index (χ1n) is 7.88. The zero-order valence-electron chi connectivity index (χ0n) is 13.9. The van der Waals surface area contributed by atoms with Gasteiger partial charge in [0.2, 0.25) is 10.0 Å². The molecule has 1 amide bonds. The van der Waals surface area contributed by atoms with E-state index in [-0.39, 0.29) is 22.9 Å². The van der Waals surface area contributed by atoms with E-state index < -0.39 is 10.0 Å². The molecule has 1 aliphatic heterocycles. The van der Waals surface area contributed by atoms with E-state index >= 15 is 0 Å². The Morgan fingerprint density at radius 3 is 2.74 bits per heavy atom. The van der Waals surface area contributed by atoms with Crippen molar-refractivity contribution in [2.75, 3.05) is 20.1 Å². The standard InChI is InChI=1S/C16H25N3O3S/c1-12(2)18(3)23(21,22)15-8-4-6-13(10-15)16(20)19-9-5-7-14(19)11-17/h4,6,8,10,12,14H,5,7,9,11,17H2,1-3H3. The fourth-order valence-electron chi connectivity index (χ4n) is 2.75. The SMILES string of the molecule is CC(C)N(C)S(=O)(=O)c1cccc(C(=O)N2CCCC2CN)c1. The lowest BCUT2D eigenvalue weighted by molar-refractivity contribution is 0.0741. The minimum Gasteiger partial charge on any atom is -0.334 e. The van der Waals surface area contributed by atoms with E-state index in [0.717, 1.165) is 12.8 Å². The number of nitrogens with two attached hydrogens (primary N) is 1. The maximum Gasteiger partial charge on any atom is 0.254 e. The molecule has 2 N–H and O–H groups in total. The van der Waals surface area contributed by atoms with Crippen LogP contribution in [0.2, 0.25) is 0 Å². The Hall–Kier alpha value is -1.44. The number of carbonyl (C=O) groups excluding carboxylic acids is 1. The summed E-state index contributed by atoms with van der Waals surface area (Å²) in [5.41, 5.74) is 6.11. The zero-order valence-corrected chi connectivity index (χ0v) is 14.7. The quantitative estimate of drug-likeness (QED) is 0.876. The van der Waals surface area contributed by atoms with Gasteiger partial charge >= 0.3 is 0 Å². The van der Waals surface area contributed by atoms with Crippen LogP contribution in [0.25, 0.3) is 0 Å². The fraction of sp³-hybridized carbons (Fsp3) is 0.562. The largest absolute Gasteiger partial charge is 0.334 e. The first-order chi connectivity index (χ1) is 10.8. The molecule has 0 bridgehead atoms. The molecule has 6 nitrogen and oxygen atoms in total. The molecule has 1 aromatic carbocycles. The maximum absolute atomic E-state index is 12.7. The molecule has 0 radical (unpaired) electrons. The summed E-state index contributed by atoms with van der Waals surface area (Å²) in [5, 5.41) is 0. The van der Waals surface area contributed by atoms with Crippen LogP contribution < -0.4 is 5.73 Å². The Morgan fingerprint density at radius 2 is 2.13 bits per heavy atom. The zero-order chi connectivity index (χ0) is 17.2. The van der Waals surface area contributed by atoms with Crippen LogP contribution in [-0.4, -0.2) is 55.8 Å². The van der Waals surface area contributed by atoms with Crippen molar-refractivity contribution >= 4 is 15.9 Å². The first kappa shape index (κ1) is 17.9. The summed E-state index contributed by atoms with van der Waals surface area (Å²) >= 11 is 0. The monoisotopic (exact) mass is 339 g/mol. The van der Waals surface area contributed by atoms with Crippen LogP contribution in [-0.2, 0) is 10.0 Å². The van der Waals surface area contributed by atoms with E-state index in [2.05, 4.69) is 0 Å². The highest BCUT2D eigenvalue weighted by atomic mass is 32.2. The Balaban J connectivity index is 2.32. The van der Waals surface area contributed by atoms with Gasteiger partial charge in [-0.2, -0.15) is 4.31 Å². The van der Waals surface area contributed by atoms with E-state index in [9.17, 15) is 13.2 Å². The second-order valence-electron chi connectivity index (χ2n) is 6.17. The average Bonchev–Trinajstić information content (AvgIpc) is 3.01. The van der Waals surface area contributed by atoms with Gasteiger partial charge in [-0.25, -0.2) is 8.42 Å². The molecule has 1 aromatic rings. The lowest BCUT2D eigenvalue weighted by atomic mass is 10.1. The molecule has 1 atom stereocenters. The number of rotatable bonds is 5. The van der Waals surface area contributed by atoms with Crippen LogP contribution in [0, 0.1) is 0 Å².